The third-order valence-electron chi connectivity index (χ3n) is 5.64. The fourth-order valence-electron chi connectivity index (χ4n) is 4.01. The molecule has 1 aliphatic rings. The van der Waals surface area contributed by atoms with Gasteiger partial charge in [0.2, 0.25) is 0 Å². The number of fused-ring (bicyclic) bond motifs is 1. The molecule has 0 radical (unpaired) electrons. The SMILES string of the molecule is Cc1c(-c2ccccc2)oc2c(C(=O)NC3(C(=O)O)CCCC3)cccc2c1=O. The molecule has 1 amide bonds. The van der Waals surface area contributed by atoms with Crippen molar-refractivity contribution < 1.29 is 19.1 Å². The van der Waals surface area contributed by atoms with Crippen LogP contribution in [0.15, 0.2) is 57.7 Å². The molecule has 2 N–H and O–H groups in total. The Morgan fingerprint density at radius 2 is 1.72 bits per heavy atom. The van der Waals surface area contributed by atoms with Gasteiger partial charge in [-0.3, -0.25) is 9.59 Å². The molecular weight excluding hydrogens is 370 g/mol. The molecule has 4 rings (SSSR count). The molecular formula is C23H21NO5. The van der Waals surface area contributed by atoms with E-state index in [0.717, 1.165) is 18.4 Å². The normalized spacial score (nSPS) is 15.3. The van der Waals surface area contributed by atoms with E-state index in [0.29, 0.717) is 29.6 Å². The van der Waals surface area contributed by atoms with E-state index in [1.165, 1.54) is 0 Å². The minimum atomic E-state index is -1.27. The van der Waals surface area contributed by atoms with E-state index in [-0.39, 0.29) is 16.6 Å². The Labute approximate surface area is 167 Å². The molecule has 1 aromatic heterocycles. The van der Waals surface area contributed by atoms with Crippen molar-refractivity contribution in [2.45, 2.75) is 38.1 Å². The summed E-state index contributed by atoms with van der Waals surface area (Å²) in [7, 11) is 0. The van der Waals surface area contributed by atoms with E-state index in [2.05, 4.69) is 5.32 Å². The highest BCUT2D eigenvalue weighted by Crippen LogP contribution is 2.31. The van der Waals surface area contributed by atoms with Crippen molar-refractivity contribution in [3.8, 4) is 11.3 Å². The number of nitrogens with one attached hydrogen (secondary N) is 1. The predicted octanol–water partition coefficient (Wildman–Crippen LogP) is 3.90. The molecule has 1 fully saturated rings. The summed E-state index contributed by atoms with van der Waals surface area (Å²) in [5, 5.41) is 12.6. The smallest absolute Gasteiger partial charge is 0.329 e. The number of carbonyl (C=O) groups is 2. The maximum absolute atomic E-state index is 13.0. The van der Waals surface area contributed by atoms with Crippen LogP contribution in [0.5, 0.6) is 0 Å². The molecule has 148 valence electrons. The molecule has 0 spiro atoms. The second-order valence-corrected chi connectivity index (χ2v) is 7.48. The van der Waals surface area contributed by atoms with Gasteiger partial charge in [-0.25, -0.2) is 4.79 Å². The first-order chi connectivity index (χ1) is 13.9. The second kappa shape index (κ2) is 7.20. The Morgan fingerprint density at radius 3 is 2.38 bits per heavy atom. The largest absolute Gasteiger partial charge is 0.480 e. The van der Waals surface area contributed by atoms with Gasteiger partial charge in [-0.1, -0.05) is 49.2 Å². The molecule has 2 aromatic carbocycles. The Hall–Kier alpha value is -3.41. The van der Waals surface area contributed by atoms with Gasteiger partial charge in [0.05, 0.1) is 10.9 Å². The Kier molecular flexibility index (Phi) is 4.70. The minimum Gasteiger partial charge on any atom is -0.480 e. The van der Waals surface area contributed by atoms with Gasteiger partial charge < -0.3 is 14.8 Å². The van der Waals surface area contributed by atoms with E-state index in [4.69, 9.17) is 4.42 Å². The molecule has 0 unspecified atom stereocenters. The van der Waals surface area contributed by atoms with Crippen LogP contribution < -0.4 is 10.7 Å². The van der Waals surface area contributed by atoms with Crippen LogP contribution >= 0.6 is 0 Å². The van der Waals surface area contributed by atoms with Crippen molar-refractivity contribution in [2.75, 3.05) is 0 Å². The topological polar surface area (TPSA) is 96.6 Å². The molecule has 0 aliphatic heterocycles. The van der Waals surface area contributed by atoms with E-state index in [1.54, 1.807) is 25.1 Å². The summed E-state index contributed by atoms with van der Waals surface area (Å²) in [6.07, 6.45) is 2.26. The average molecular weight is 391 g/mol. The first kappa shape index (κ1) is 18.9. The van der Waals surface area contributed by atoms with Gasteiger partial charge in [0, 0.05) is 11.1 Å². The first-order valence-electron chi connectivity index (χ1n) is 9.61. The van der Waals surface area contributed by atoms with Crippen LogP contribution in [0.1, 0.15) is 41.6 Å². The van der Waals surface area contributed by atoms with Crippen LogP contribution in [0.4, 0.5) is 0 Å². The summed E-state index contributed by atoms with van der Waals surface area (Å²) in [5.41, 5.74) is 0.0268. The zero-order valence-electron chi connectivity index (χ0n) is 16.0. The van der Waals surface area contributed by atoms with Gasteiger partial charge in [0.15, 0.2) is 11.0 Å². The number of hydrogen-bond acceptors (Lipinski definition) is 4. The molecule has 0 bridgehead atoms. The summed E-state index contributed by atoms with van der Waals surface area (Å²) in [6.45, 7) is 1.69. The van der Waals surface area contributed by atoms with Crippen molar-refractivity contribution in [3.63, 3.8) is 0 Å². The number of carbonyl (C=O) groups excluding carboxylic acids is 1. The van der Waals surface area contributed by atoms with Crippen molar-refractivity contribution in [3.05, 3.63) is 69.9 Å². The standard InChI is InChI=1S/C23H21NO5/c1-14-18(25)16-10-7-11-17(20(16)29-19(14)15-8-3-2-4-9-15)21(26)24-23(22(27)28)12-5-6-13-23/h2-4,7-11H,5-6,12-13H2,1H3,(H,24,26)(H,27,28). The zero-order valence-corrected chi connectivity index (χ0v) is 16.0. The molecule has 3 aromatic rings. The van der Waals surface area contributed by atoms with Gasteiger partial charge >= 0.3 is 5.97 Å². The highest BCUT2D eigenvalue weighted by Gasteiger charge is 2.43. The van der Waals surface area contributed by atoms with Gasteiger partial charge in [-0.15, -0.1) is 0 Å². The molecule has 1 aliphatic carbocycles. The number of aliphatic carboxylic acids is 1. The van der Waals surface area contributed by atoms with Crippen LogP contribution in [-0.4, -0.2) is 22.5 Å². The number of benzene rings is 2. The maximum atomic E-state index is 13.0. The number of carboxylic acids is 1. The number of carboxylic acid groups (broad SMARTS) is 1. The molecule has 0 atom stereocenters. The fraction of sp³-hybridized carbons (Fsp3) is 0.261. The lowest BCUT2D eigenvalue weighted by Crippen LogP contribution is -2.52. The number of hydrogen-bond donors (Lipinski definition) is 2. The molecule has 1 heterocycles. The van der Waals surface area contributed by atoms with Crippen molar-refractivity contribution >= 4 is 22.8 Å². The van der Waals surface area contributed by atoms with Crippen LogP contribution in [0.25, 0.3) is 22.3 Å². The van der Waals surface area contributed by atoms with Crippen molar-refractivity contribution in [1.29, 1.82) is 0 Å². The minimum absolute atomic E-state index is 0.157. The third kappa shape index (κ3) is 3.20. The predicted molar refractivity (Wildman–Crippen MR) is 109 cm³/mol. The van der Waals surface area contributed by atoms with Crippen molar-refractivity contribution in [1.82, 2.24) is 5.32 Å². The lowest BCUT2D eigenvalue weighted by atomic mass is 9.96. The summed E-state index contributed by atoms with van der Waals surface area (Å²) < 4.78 is 6.06. The Morgan fingerprint density at radius 1 is 1.03 bits per heavy atom. The van der Waals surface area contributed by atoms with Crippen LogP contribution in [-0.2, 0) is 4.79 Å². The fourth-order valence-corrected chi connectivity index (χ4v) is 4.01. The quantitative estimate of drug-likeness (QED) is 0.703. The van der Waals surface area contributed by atoms with E-state index in [1.807, 2.05) is 30.3 Å². The van der Waals surface area contributed by atoms with E-state index >= 15 is 0 Å². The monoisotopic (exact) mass is 391 g/mol. The highest BCUT2D eigenvalue weighted by molar-refractivity contribution is 6.06. The number of amides is 1. The second-order valence-electron chi connectivity index (χ2n) is 7.48. The molecule has 1 saturated carbocycles. The number of para-hydroxylation sites is 1. The van der Waals surface area contributed by atoms with Crippen molar-refractivity contribution in [2.24, 2.45) is 0 Å². The summed E-state index contributed by atoms with van der Waals surface area (Å²) in [6, 6.07) is 14.0. The Bertz CT molecular complexity index is 1160. The van der Waals surface area contributed by atoms with Crippen LogP contribution in [0.2, 0.25) is 0 Å². The summed E-state index contributed by atoms with van der Waals surface area (Å²) in [5.74, 6) is -1.19. The molecule has 6 nitrogen and oxygen atoms in total. The lowest BCUT2D eigenvalue weighted by Gasteiger charge is -2.25. The molecule has 0 saturated heterocycles. The van der Waals surface area contributed by atoms with E-state index in [9.17, 15) is 19.5 Å². The van der Waals surface area contributed by atoms with Crippen LogP contribution in [0, 0.1) is 6.92 Å². The van der Waals surface area contributed by atoms with Gasteiger partial charge in [-0.05, 0) is 31.9 Å². The lowest BCUT2D eigenvalue weighted by molar-refractivity contribution is -0.144. The van der Waals surface area contributed by atoms with Crippen LogP contribution in [0.3, 0.4) is 0 Å². The number of rotatable bonds is 4. The summed E-state index contributed by atoms with van der Waals surface area (Å²) in [4.78, 5) is 37.8. The van der Waals surface area contributed by atoms with Gasteiger partial charge in [0.25, 0.3) is 5.91 Å². The summed E-state index contributed by atoms with van der Waals surface area (Å²) >= 11 is 0. The van der Waals surface area contributed by atoms with Gasteiger partial charge in [-0.2, -0.15) is 0 Å². The molecule has 6 heteroatoms. The molecule has 29 heavy (non-hydrogen) atoms. The highest BCUT2D eigenvalue weighted by atomic mass is 16.4. The maximum Gasteiger partial charge on any atom is 0.329 e. The first-order valence-corrected chi connectivity index (χ1v) is 9.61. The van der Waals surface area contributed by atoms with Gasteiger partial charge in [0.1, 0.15) is 11.3 Å². The third-order valence-corrected chi connectivity index (χ3v) is 5.64. The Balaban J connectivity index is 1.85. The average Bonchev–Trinajstić information content (AvgIpc) is 3.20. The van der Waals surface area contributed by atoms with E-state index < -0.39 is 17.4 Å². The zero-order chi connectivity index (χ0) is 20.6.